The summed E-state index contributed by atoms with van der Waals surface area (Å²) in [7, 11) is 1.65. The molecule has 2 aromatic heterocycles. The van der Waals surface area contributed by atoms with E-state index in [1.807, 2.05) is 35.8 Å². The zero-order valence-corrected chi connectivity index (χ0v) is 17.4. The Morgan fingerprint density at radius 1 is 1.13 bits per heavy atom. The minimum absolute atomic E-state index is 0.00644. The van der Waals surface area contributed by atoms with Crippen LogP contribution < -0.4 is 10.1 Å². The molecule has 30 heavy (non-hydrogen) atoms. The van der Waals surface area contributed by atoms with E-state index in [4.69, 9.17) is 4.74 Å². The Morgan fingerprint density at radius 3 is 2.63 bits per heavy atom. The monoisotopic (exact) mass is 423 g/mol. The highest BCUT2D eigenvalue weighted by Gasteiger charge is 2.11. The zero-order valence-electron chi connectivity index (χ0n) is 16.6. The highest BCUT2D eigenvalue weighted by Crippen LogP contribution is 2.25. The molecular formula is C23H22FN3O2S. The van der Waals surface area contributed by atoms with E-state index in [1.165, 1.54) is 12.1 Å². The van der Waals surface area contributed by atoms with Crippen molar-refractivity contribution in [2.24, 2.45) is 0 Å². The van der Waals surface area contributed by atoms with Crippen LogP contribution in [0.2, 0.25) is 0 Å². The summed E-state index contributed by atoms with van der Waals surface area (Å²) in [5.74, 6) is 0.567. The van der Waals surface area contributed by atoms with Gasteiger partial charge in [0.05, 0.1) is 12.8 Å². The van der Waals surface area contributed by atoms with E-state index in [9.17, 15) is 9.18 Å². The van der Waals surface area contributed by atoms with Crippen molar-refractivity contribution < 1.29 is 13.9 Å². The van der Waals surface area contributed by atoms with Gasteiger partial charge >= 0.3 is 0 Å². The average Bonchev–Trinajstić information content (AvgIpc) is 3.35. The molecule has 0 aliphatic carbocycles. The summed E-state index contributed by atoms with van der Waals surface area (Å²) in [6.45, 7) is 0.538. The van der Waals surface area contributed by atoms with Crippen LogP contribution in [0.1, 0.15) is 17.7 Å². The van der Waals surface area contributed by atoms with Crippen LogP contribution in [-0.4, -0.2) is 28.9 Å². The lowest BCUT2D eigenvalue weighted by Gasteiger charge is -2.05. The summed E-state index contributed by atoms with van der Waals surface area (Å²) in [5.41, 5.74) is 3.99. The number of carbonyl (C=O) groups is 1. The van der Waals surface area contributed by atoms with Crippen LogP contribution in [0, 0.1) is 5.82 Å². The van der Waals surface area contributed by atoms with Crippen molar-refractivity contribution in [1.29, 1.82) is 0 Å². The first-order valence-electron chi connectivity index (χ1n) is 9.73. The van der Waals surface area contributed by atoms with Crippen LogP contribution in [0.4, 0.5) is 4.39 Å². The quantitative estimate of drug-likeness (QED) is 0.454. The third-order valence-electron chi connectivity index (χ3n) is 4.93. The molecule has 0 bridgehead atoms. The number of imidazole rings is 1. The molecule has 0 fully saturated rings. The maximum Gasteiger partial charge on any atom is 0.220 e. The fraction of sp³-hybridized carbons (Fsp3) is 0.217. The van der Waals surface area contributed by atoms with E-state index >= 15 is 0 Å². The zero-order chi connectivity index (χ0) is 20.9. The predicted molar refractivity (Wildman–Crippen MR) is 116 cm³/mol. The van der Waals surface area contributed by atoms with Gasteiger partial charge in [-0.3, -0.25) is 9.20 Å². The smallest absolute Gasteiger partial charge is 0.220 e. The van der Waals surface area contributed by atoms with Gasteiger partial charge in [-0.1, -0.05) is 12.1 Å². The number of fused-ring (bicyclic) bond motifs is 1. The number of methoxy groups -OCH3 is 1. The van der Waals surface area contributed by atoms with Crippen molar-refractivity contribution in [3.63, 3.8) is 0 Å². The van der Waals surface area contributed by atoms with Gasteiger partial charge in [0.2, 0.25) is 5.91 Å². The summed E-state index contributed by atoms with van der Waals surface area (Å²) in [6.07, 6.45) is 3.74. The van der Waals surface area contributed by atoms with Crippen LogP contribution in [0.25, 0.3) is 16.2 Å². The predicted octanol–water partition coefficient (Wildman–Crippen LogP) is 4.50. The molecule has 0 atom stereocenters. The maximum atomic E-state index is 12.9. The van der Waals surface area contributed by atoms with Gasteiger partial charge in [-0.15, -0.1) is 11.3 Å². The molecular weight excluding hydrogens is 401 g/mol. The minimum atomic E-state index is -0.250. The van der Waals surface area contributed by atoms with Crippen LogP contribution in [0.15, 0.2) is 60.1 Å². The normalized spacial score (nSPS) is 11.0. The number of aryl methyl sites for hydroxylation is 1. The van der Waals surface area contributed by atoms with Crippen LogP contribution in [0.3, 0.4) is 0 Å². The van der Waals surface area contributed by atoms with Gasteiger partial charge in [0.15, 0.2) is 4.96 Å². The number of nitrogens with one attached hydrogen (secondary N) is 1. The van der Waals surface area contributed by atoms with Crippen LogP contribution >= 0.6 is 11.3 Å². The molecule has 1 amide bonds. The third-order valence-corrected chi connectivity index (χ3v) is 5.82. The first-order valence-corrected chi connectivity index (χ1v) is 10.6. The second-order valence-corrected chi connectivity index (χ2v) is 7.80. The number of aromatic nitrogens is 2. The van der Waals surface area contributed by atoms with Gasteiger partial charge in [0.1, 0.15) is 11.6 Å². The number of rotatable bonds is 8. The molecule has 0 saturated carbocycles. The highest BCUT2D eigenvalue weighted by atomic mass is 32.1. The van der Waals surface area contributed by atoms with Crippen molar-refractivity contribution in [2.45, 2.75) is 19.3 Å². The molecule has 2 aromatic carbocycles. The SMILES string of the molecule is COc1ccc(-c2cn3c(CCC(=O)NCCc4ccc(F)cc4)csc3n2)cc1. The summed E-state index contributed by atoms with van der Waals surface area (Å²) >= 11 is 1.57. The Bertz CT molecular complexity index is 1130. The number of halogens is 1. The number of hydrogen-bond donors (Lipinski definition) is 1. The molecule has 0 aliphatic rings. The van der Waals surface area contributed by atoms with Gasteiger partial charge < -0.3 is 10.1 Å². The van der Waals surface area contributed by atoms with Crippen molar-refractivity contribution in [3.05, 3.63) is 77.2 Å². The standard InChI is InChI=1S/C23H22FN3O2S/c1-29-20-9-4-17(5-10-20)21-14-27-19(15-30-23(27)26-21)8-11-22(28)25-13-12-16-2-6-18(24)7-3-16/h2-7,9-10,14-15H,8,11-13H2,1H3,(H,25,28). The van der Waals surface area contributed by atoms with Gasteiger partial charge in [-0.25, -0.2) is 9.37 Å². The van der Waals surface area contributed by atoms with Crippen molar-refractivity contribution >= 4 is 22.2 Å². The highest BCUT2D eigenvalue weighted by molar-refractivity contribution is 7.15. The van der Waals surface area contributed by atoms with Crippen molar-refractivity contribution in [1.82, 2.24) is 14.7 Å². The van der Waals surface area contributed by atoms with Gasteiger partial charge in [-0.2, -0.15) is 0 Å². The van der Waals surface area contributed by atoms with Crippen molar-refractivity contribution in [3.8, 4) is 17.0 Å². The lowest BCUT2D eigenvalue weighted by atomic mass is 10.1. The van der Waals surface area contributed by atoms with Crippen LogP contribution in [-0.2, 0) is 17.6 Å². The topological polar surface area (TPSA) is 55.6 Å². The average molecular weight is 424 g/mol. The molecule has 4 rings (SSSR count). The van der Waals surface area contributed by atoms with Crippen LogP contribution in [0.5, 0.6) is 5.75 Å². The van der Waals surface area contributed by atoms with E-state index in [1.54, 1.807) is 30.6 Å². The second-order valence-electron chi connectivity index (χ2n) is 6.96. The fourth-order valence-electron chi connectivity index (χ4n) is 3.24. The molecule has 0 unspecified atom stereocenters. The Kier molecular flexibility index (Phi) is 6.09. The number of benzene rings is 2. The number of carbonyl (C=O) groups excluding carboxylic acids is 1. The molecule has 2 heterocycles. The Hall–Kier alpha value is -3.19. The summed E-state index contributed by atoms with van der Waals surface area (Å²) in [4.78, 5) is 17.8. The Balaban J connectivity index is 1.32. The first kappa shape index (κ1) is 20.1. The summed E-state index contributed by atoms with van der Waals surface area (Å²) in [6, 6.07) is 14.2. The largest absolute Gasteiger partial charge is 0.497 e. The molecule has 0 spiro atoms. The molecule has 1 N–H and O–H groups in total. The van der Waals surface area contributed by atoms with E-state index < -0.39 is 0 Å². The number of amides is 1. The first-order chi connectivity index (χ1) is 14.6. The van der Waals surface area contributed by atoms with Gasteiger partial charge in [-0.05, 0) is 54.8 Å². The molecule has 0 radical (unpaired) electrons. The lowest BCUT2D eigenvalue weighted by Crippen LogP contribution is -2.26. The number of hydrogen-bond acceptors (Lipinski definition) is 4. The van der Waals surface area contributed by atoms with E-state index in [-0.39, 0.29) is 11.7 Å². The summed E-state index contributed by atoms with van der Waals surface area (Å²) in [5, 5.41) is 4.98. The number of nitrogens with zero attached hydrogens (tertiary/aromatic N) is 2. The molecule has 7 heteroatoms. The lowest BCUT2D eigenvalue weighted by molar-refractivity contribution is -0.121. The van der Waals surface area contributed by atoms with E-state index in [2.05, 4.69) is 14.7 Å². The molecule has 5 nitrogen and oxygen atoms in total. The van der Waals surface area contributed by atoms with Gasteiger partial charge in [0, 0.05) is 35.8 Å². The fourth-order valence-corrected chi connectivity index (χ4v) is 4.14. The van der Waals surface area contributed by atoms with Gasteiger partial charge in [0.25, 0.3) is 0 Å². The summed E-state index contributed by atoms with van der Waals surface area (Å²) < 4.78 is 20.2. The molecule has 154 valence electrons. The molecule has 4 aromatic rings. The maximum absolute atomic E-state index is 12.9. The molecule has 0 aliphatic heterocycles. The van der Waals surface area contributed by atoms with E-state index in [0.717, 1.165) is 33.2 Å². The third kappa shape index (κ3) is 4.68. The second kappa shape index (κ2) is 9.09. The van der Waals surface area contributed by atoms with E-state index in [0.29, 0.717) is 25.8 Å². The minimum Gasteiger partial charge on any atom is -0.497 e. The number of ether oxygens (including phenoxy) is 1. The van der Waals surface area contributed by atoms with Crippen molar-refractivity contribution in [2.75, 3.05) is 13.7 Å². The Labute approximate surface area is 178 Å². The Morgan fingerprint density at radius 2 is 1.90 bits per heavy atom. The number of thiazole rings is 1. The molecule has 0 saturated heterocycles.